The molecule has 0 aliphatic heterocycles. The molecule has 1 heterocycles. The van der Waals surface area contributed by atoms with Gasteiger partial charge >= 0.3 is 0 Å². The van der Waals surface area contributed by atoms with Crippen LogP contribution in [-0.2, 0) is 0 Å². The molecular weight excluding hydrogens is 253 g/mol. The molecule has 3 nitrogen and oxygen atoms in total. The second kappa shape index (κ2) is 5.46. The van der Waals surface area contributed by atoms with Gasteiger partial charge in [-0.2, -0.15) is 0 Å². The molecule has 5 heteroatoms. The number of fused-ring (bicyclic) bond motifs is 1. The van der Waals surface area contributed by atoms with Gasteiger partial charge in [-0.1, -0.05) is 6.07 Å². The Balaban J connectivity index is 2.11. The van der Waals surface area contributed by atoms with Crippen LogP contribution in [0.3, 0.4) is 0 Å². The average molecular weight is 267 g/mol. The van der Waals surface area contributed by atoms with Crippen molar-refractivity contribution in [3.05, 3.63) is 35.0 Å². The van der Waals surface area contributed by atoms with Crippen LogP contribution in [0.1, 0.15) is 23.0 Å². The number of rotatable bonds is 4. The average Bonchev–Trinajstić information content (AvgIpc) is 2.74. The Bertz CT molecular complexity index is 565. The summed E-state index contributed by atoms with van der Waals surface area (Å²) in [6, 6.07) is 6.36. The van der Waals surface area contributed by atoms with Crippen molar-refractivity contribution in [2.45, 2.75) is 19.4 Å². The van der Waals surface area contributed by atoms with Gasteiger partial charge in [-0.3, -0.25) is 4.79 Å². The molecule has 1 atom stereocenters. The van der Waals surface area contributed by atoms with Gasteiger partial charge in [0, 0.05) is 16.6 Å². The lowest BCUT2D eigenvalue weighted by molar-refractivity contribution is 0.0949. The third-order valence-electron chi connectivity index (χ3n) is 2.58. The number of aliphatic hydroxyl groups is 1. The lowest BCUT2D eigenvalue weighted by Gasteiger charge is -2.04. The van der Waals surface area contributed by atoms with Crippen LogP contribution in [0.25, 0.3) is 10.1 Å². The zero-order valence-electron chi connectivity index (χ0n) is 9.94. The summed E-state index contributed by atoms with van der Waals surface area (Å²) in [5.41, 5.74) is 0. The minimum atomic E-state index is -0.440. The Morgan fingerprint density at radius 3 is 3.00 bits per heavy atom. The molecule has 1 unspecified atom stereocenters. The van der Waals surface area contributed by atoms with E-state index in [-0.39, 0.29) is 11.7 Å². The third kappa shape index (κ3) is 2.86. The van der Waals surface area contributed by atoms with Crippen molar-refractivity contribution in [1.29, 1.82) is 0 Å². The van der Waals surface area contributed by atoms with Crippen molar-refractivity contribution >= 4 is 27.3 Å². The molecule has 0 aliphatic rings. The molecule has 96 valence electrons. The topological polar surface area (TPSA) is 49.3 Å². The second-order valence-electron chi connectivity index (χ2n) is 4.16. The van der Waals surface area contributed by atoms with Gasteiger partial charge in [0.05, 0.1) is 11.0 Å². The van der Waals surface area contributed by atoms with Gasteiger partial charge < -0.3 is 10.4 Å². The molecule has 0 bridgehead atoms. The van der Waals surface area contributed by atoms with Gasteiger partial charge in [0.2, 0.25) is 0 Å². The van der Waals surface area contributed by atoms with Crippen molar-refractivity contribution in [3.8, 4) is 0 Å². The van der Waals surface area contributed by atoms with Crippen molar-refractivity contribution in [1.82, 2.24) is 5.32 Å². The summed E-state index contributed by atoms with van der Waals surface area (Å²) in [6.45, 7) is 2.08. The van der Waals surface area contributed by atoms with Crippen LogP contribution in [0.4, 0.5) is 4.39 Å². The Morgan fingerprint density at radius 1 is 1.56 bits per heavy atom. The van der Waals surface area contributed by atoms with Crippen LogP contribution in [0.2, 0.25) is 0 Å². The molecule has 1 aromatic carbocycles. The fourth-order valence-electron chi connectivity index (χ4n) is 1.62. The largest absolute Gasteiger partial charge is 0.393 e. The van der Waals surface area contributed by atoms with Gasteiger partial charge in [-0.05, 0) is 31.5 Å². The lowest BCUT2D eigenvalue weighted by atomic mass is 10.2. The van der Waals surface area contributed by atoms with E-state index in [1.165, 1.54) is 17.4 Å². The molecular formula is C13H14FNO2S. The summed E-state index contributed by atoms with van der Waals surface area (Å²) in [5.74, 6) is -0.539. The summed E-state index contributed by atoms with van der Waals surface area (Å²) in [6.07, 6.45) is 0.0653. The summed E-state index contributed by atoms with van der Waals surface area (Å²) in [5, 5.41) is 12.3. The molecule has 1 aromatic heterocycles. The van der Waals surface area contributed by atoms with E-state index in [0.29, 0.717) is 23.2 Å². The molecule has 2 N–H and O–H groups in total. The second-order valence-corrected chi connectivity index (χ2v) is 5.24. The summed E-state index contributed by atoms with van der Waals surface area (Å²) >= 11 is 1.26. The maximum Gasteiger partial charge on any atom is 0.261 e. The van der Waals surface area contributed by atoms with E-state index in [1.54, 1.807) is 25.1 Å². The number of amides is 1. The normalized spacial score (nSPS) is 12.6. The minimum Gasteiger partial charge on any atom is -0.393 e. The molecule has 2 aromatic rings. The van der Waals surface area contributed by atoms with Crippen molar-refractivity contribution in [2.24, 2.45) is 0 Å². The fourth-order valence-corrected chi connectivity index (χ4v) is 2.61. The minimum absolute atomic E-state index is 0.226. The smallest absolute Gasteiger partial charge is 0.261 e. The Labute approximate surface area is 108 Å². The monoisotopic (exact) mass is 267 g/mol. The number of aliphatic hydroxyl groups excluding tert-OH is 1. The quantitative estimate of drug-likeness (QED) is 0.894. The molecule has 0 saturated heterocycles. The van der Waals surface area contributed by atoms with Crippen LogP contribution >= 0.6 is 11.3 Å². The zero-order chi connectivity index (χ0) is 13.1. The van der Waals surface area contributed by atoms with E-state index < -0.39 is 6.10 Å². The standard InChI is InChI=1S/C13H14FNO2S/c1-8(16)5-6-15-13(17)12-7-9-10(14)3-2-4-11(9)18-12/h2-4,7-8,16H,5-6H2,1H3,(H,15,17). The van der Waals surface area contributed by atoms with E-state index in [9.17, 15) is 9.18 Å². The lowest BCUT2D eigenvalue weighted by Crippen LogP contribution is -2.25. The van der Waals surface area contributed by atoms with E-state index in [4.69, 9.17) is 5.11 Å². The number of thiophene rings is 1. The summed E-state index contributed by atoms with van der Waals surface area (Å²) in [7, 11) is 0. The molecule has 0 aliphatic carbocycles. The first-order chi connectivity index (χ1) is 8.58. The zero-order valence-corrected chi connectivity index (χ0v) is 10.8. The molecule has 2 rings (SSSR count). The first kappa shape index (κ1) is 13.0. The number of hydrogen-bond acceptors (Lipinski definition) is 3. The first-order valence-corrected chi connectivity index (χ1v) is 6.54. The predicted molar refractivity (Wildman–Crippen MR) is 70.4 cm³/mol. The predicted octanol–water partition coefficient (Wildman–Crippen LogP) is 2.54. The number of nitrogens with one attached hydrogen (secondary N) is 1. The Kier molecular flexibility index (Phi) is 3.93. The van der Waals surface area contributed by atoms with Crippen LogP contribution in [0, 0.1) is 5.82 Å². The van der Waals surface area contributed by atoms with Crippen molar-refractivity contribution in [2.75, 3.05) is 6.54 Å². The van der Waals surface area contributed by atoms with Crippen LogP contribution in [-0.4, -0.2) is 23.7 Å². The first-order valence-electron chi connectivity index (χ1n) is 5.72. The highest BCUT2D eigenvalue weighted by molar-refractivity contribution is 7.20. The van der Waals surface area contributed by atoms with Crippen LogP contribution in [0.5, 0.6) is 0 Å². The highest BCUT2D eigenvalue weighted by Gasteiger charge is 2.12. The van der Waals surface area contributed by atoms with E-state index in [2.05, 4.69) is 5.32 Å². The number of carbonyl (C=O) groups excluding carboxylic acids is 1. The molecule has 0 spiro atoms. The maximum atomic E-state index is 13.5. The van der Waals surface area contributed by atoms with E-state index >= 15 is 0 Å². The van der Waals surface area contributed by atoms with E-state index in [1.807, 2.05) is 0 Å². The third-order valence-corrected chi connectivity index (χ3v) is 3.68. The molecule has 0 radical (unpaired) electrons. The number of carbonyl (C=O) groups is 1. The highest BCUT2D eigenvalue weighted by atomic mass is 32.1. The van der Waals surface area contributed by atoms with Crippen molar-refractivity contribution < 1.29 is 14.3 Å². The maximum absolute atomic E-state index is 13.5. The SMILES string of the molecule is CC(O)CCNC(=O)c1cc2c(F)cccc2s1. The Hall–Kier alpha value is -1.46. The molecule has 0 saturated carbocycles. The van der Waals surface area contributed by atoms with Crippen LogP contribution < -0.4 is 5.32 Å². The molecule has 0 fully saturated rings. The van der Waals surface area contributed by atoms with Gasteiger partial charge in [-0.25, -0.2) is 4.39 Å². The van der Waals surface area contributed by atoms with Gasteiger partial charge in [0.15, 0.2) is 0 Å². The van der Waals surface area contributed by atoms with Crippen molar-refractivity contribution in [3.63, 3.8) is 0 Å². The number of hydrogen-bond donors (Lipinski definition) is 2. The number of benzene rings is 1. The summed E-state index contributed by atoms with van der Waals surface area (Å²) < 4.78 is 14.2. The highest BCUT2D eigenvalue weighted by Crippen LogP contribution is 2.27. The van der Waals surface area contributed by atoms with E-state index in [0.717, 1.165) is 4.70 Å². The number of halogens is 1. The van der Waals surface area contributed by atoms with Crippen LogP contribution in [0.15, 0.2) is 24.3 Å². The van der Waals surface area contributed by atoms with Gasteiger partial charge in [-0.15, -0.1) is 11.3 Å². The van der Waals surface area contributed by atoms with Gasteiger partial charge in [0.25, 0.3) is 5.91 Å². The Morgan fingerprint density at radius 2 is 2.33 bits per heavy atom. The summed E-state index contributed by atoms with van der Waals surface area (Å²) in [4.78, 5) is 12.3. The fraction of sp³-hybridized carbons (Fsp3) is 0.308. The molecule has 18 heavy (non-hydrogen) atoms. The molecule has 1 amide bonds. The van der Waals surface area contributed by atoms with Gasteiger partial charge in [0.1, 0.15) is 5.82 Å².